The van der Waals surface area contributed by atoms with E-state index in [1.54, 1.807) is 0 Å². The molecule has 0 unspecified atom stereocenters. The maximum atomic E-state index is 13.7. The van der Waals surface area contributed by atoms with E-state index in [1.807, 2.05) is 0 Å². The molecule has 1 aromatic heterocycles. The number of halogens is 2. The van der Waals surface area contributed by atoms with Crippen molar-refractivity contribution in [2.75, 3.05) is 12.8 Å². The van der Waals surface area contributed by atoms with E-state index >= 15 is 0 Å². The molecule has 0 atom stereocenters. The third-order valence-electron chi connectivity index (χ3n) is 2.58. The molecule has 0 aliphatic carbocycles. The predicted octanol–water partition coefficient (Wildman–Crippen LogP) is 1.58. The molecule has 0 saturated carbocycles. The molecule has 0 radical (unpaired) electrons. The number of carbonyl (C=O) groups excluding carboxylic acids is 1. The van der Waals surface area contributed by atoms with Crippen LogP contribution in [0.25, 0.3) is 11.1 Å². The Labute approximate surface area is 107 Å². The highest BCUT2D eigenvalue weighted by Gasteiger charge is 2.15. The normalized spacial score (nSPS) is 10.5. The smallest absolute Gasteiger partial charge is 0.327 e. The van der Waals surface area contributed by atoms with Crippen LogP contribution < -0.4 is 5.73 Å². The van der Waals surface area contributed by atoms with Crippen molar-refractivity contribution in [2.45, 2.75) is 6.54 Å². The van der Waals surface area contributed by atoms with Crippen molar-refractivity contribution in [3.8, 4) is 11.1 Å². The van der Waals surface area contributed by atoms with Gasteiger partial charge in [-0.15, -0.1) is 0 Å². The van der Waals surface area contributed by atoms with Gasteiger partial charge in [0.2, 0.25) is 0 Å². The van der Waals surface area contributed by atoms with E-state index in [-0.39, 0.29) is 17.8 Å². The minimum Gasteiger partial charge on any atom is -0.468 e. The summed E-state index contributed by atoms with van der Waals surface area (Å²) in [5.41, 5.74) is 5.38. The number of nitrogens with two attached hydrogens (primary N) is 1. The molecule has 2 N–H and O–H groups in total. The first-order valence-corrected chi connectivity index (χ1v) is 5.36. The lowest BCUT2D eigenvalue weighted by atomic mass is 10.1. The van der Waals surface area contributed by atoms with Crippen LogP contribution in [0.5, 0.6) is 0 Å². The molecule has 0 bridgehead atoms. The molecule has 2 rings (SSSR count). The number of hydrogen-bond donors (Lipinski definition) is 1. The van der Waals surface area contributed by atoms with Gasteiger partial charge in [-0.05, 0) is 12.1 Å². The maximum absolute atomic E-state index is 13.7. The molecule has 1 aromatic carbocycles. The number of carbonyl (C=O) groups is 1. The number of ether oxygens (including phenoxy) is 1. The number of nitrogen functional groups attached to an aromatic ring is 1. The first kappa shape index (κ1) is 13.0. The van der Waals surface area contributed by atoms with E-state index in [1.165, 1.54) is 36.3 Å². The molecule has 0 amide bonds. The highest BCUT2D eigenvalue weighted by Crippen LogP contribution is 2.26. The summed E-state index contributed by atoms with van der Waals surface area (Å²) in [5.74, 6) is -2.63. The Morgan fingerprint density at radius 3 is 2.84 bits per heavy atom. The van der Waals surface area contributed by atoms with Crippen molar-refractivity contribution < 1.29 is 18.3 Å². The van der Waals surface area contributed by atoms with Crippen LogP contribution in [0, 0.1) is 11.6 Å². The topological polar surface area (TPSA) is 70.1 Å². The first-order valence-electron chi connectivity index (χ1n) is 5.36. The van der Waals surface area contributed by atoms with Crippen molar-refractivity contribution in [2.24, 2.45) is 0 Å². The highest BCUT2D eigenvalue weighted by atomic mass is 19.2. The van der Waals surface area contributed by atoms with Gasteiger partial charge in [0.25, 0.3) is 0 Å². The van der Waals surface area contributed by atoms with Gasteiger partial charge in [-0.25, -0.2) is 8.78 Å². The summed E-state index contributed by atoms with van der Waals surface area (Å²) in [6, 6.07) is 2.62. The van der Waals surface area contributed by atoms with E-state index in [2.05, 4.69) is 9.84 Å². The van der Waals surface area contributed by atoms with Gasteiger partial charge in [-0.1, -0.05) is 0 Å². The van der Waals surface area contributed by atoms with Crippen LogP contribution in [-0.2, 0) is 16.1 Å². The number of aromatic nitrogens is 2. The summed E-state index contributed by atoms with van der Waals surface area (Å²) in [5, 5.41) is 3.87. The van der Waals surface area contributed by atoms with E-state index in [9.17, 15) is 13.6 Å². The van der Waals surface area contributed by atoms with Gasteiger partial charge >= 0.3 is 5.97 Å². The SMILES string of the molecule is COC(=O)Cn1cc(-c2ccc(N)c(F)c2F)cn1. The van der Waals surface area contributed by atoms with Crippen molar-refractivity contribution in [3.05, 3.63) is 36.2 Å². The summed E-state index contributed by atoms with van der Waals surface area (Å²) in [7, 11) is 1.25. The van der Waals surface area contributed by atoms with Crippen LogP contribution in [0.2, 0.25) is 0 Å². The third-order valence-corrected chi connectivity index (χ3v) is 2.58. The lowest BCUT2D eigenvalue weighted by molar-refractivity contribution is -0.141. The monoisotopic (exact) mass is 267 g/mol. The molecule has 0 fully saturated rings. The Bertz CT molecular complexity index is 625. The van der Waals surface area contributed by atoms with Gasteiger partial charge in [-0.2, -0.15) is 5.10 Å². The average Bonchev–Trinajstić information content (AvgIpc) is 2.84. The van der Waals surface area contributed by atoms with Crippen molar-refractivity contribution >= 4 is 11.7 Å². The molecule has 5 nitrogen and oxygen atoms in total. The van der Waals surface area contributed by atoms with E-state index in [4.69, 9.17) is 5.73 Å². The Balaban J connectivity index is 2.33. The molecule has 19 heavy (non-hydrogen) atoms. The van der Waals surface area contributed by atoms with Gasteiger partial charge < -0.3 is 10.5 Å². The molecule has 0 aliphatic rings. The van der Waals surface area contributed by atoms with Gasteiger partial charge in [-0.3, -0.25) is 9.48 Å². The fourth-order valence-corrected chi connectivity index (χ4v) is 1.57. The van der Waals surface area contributed by atoms with Crippen LogP contribution in [0.1, 0.15) is 0 Å². The quantitative estimate of drug-likeness (QED) is 0.677. The number of hydrogen-bond acceptors (Lipinski definition) is 4. The number of anilines is 1. The number of nitrogens with zero attached hydrogens (tertiary/aromatic N) is 2. The van der Waals surface area contributed by atoms with Gasteiger partial charge in [0.15, 0.2) is 11.6 Å². The predicted molar refractivity (Wildman–Crippen MR) is 64.0 cm³/mol. The second-order valence-electron chi connectivity index (χ2n) is 3.83. The summed E-state index contributed by atoms with van der Waals surface area (Å²) in [6.07, 6.45) is 2.75. The van der Waals surface area contributed by atoms with Crippen LogP contribution in [0.3, 0.4) is 0 Å². The fraction of sp³-hybridized carbons (Fsp3) is 0.167. The molecule has 100 valence electrons. The second-order valence-corrected chi connectivity index (χ2v) is 3.83. The summed E-state index contributed by atoms with van der Waals surface area (Å²) in [6.45, 7) is -0.102. The van der Waals surface area contributed by atoms with Crippen molar-refractivity contribution in [1.29, 1.82) is 0 Å². The second kappa shape index (κ2) is 5.05. The Kier molecular flexibility index (Phi) is 3.46. The van der Waals surface area contributed by atoms with E-state index in [0.29, 0.717) is 5.56 Å². The Morgan fingerprint density at radius 1 is 1.42 bits per heavy atom. The van der Waals surface area contributed by atoms with Crippen molar-refractivity contribution in [1.82, 2.24) is 9.78 Å². The van der Waals surface area contributed by atoms with Crippen LogP contribution in [0.15, 0.2) is 24.5 Å². The standard InChI is InChI=1S/C12H11F2N3O2/c1-19-10(18)6-17-5-7(4-16-17)8-2-3-9(15)12(14)11(8)13/h2-5H,6,15H2,1H3. The zero-order valence-electron chi connectivity index (χ0n) is 10.1. The Hall–Kier alpha value is -2.44. The molecule has 1 heterocycles. The summed E-state index contributed by atoms with van der Waals surface area (Å²) in [4.78, 5) is 11.1. The minimum atomic E-state index is -1.10. The van der Waals surface area contributed by atoms with E-state index in [0.717, 1.165) is 0 Å². The van der Waals surface area contributed by atoms with Crippen molar-refractivity contribution in [3.63, 3.8) is 0 Å². The maximum Gasteiger partial charge on any atom is 0.327 e. The largest absolute Gasteiger partial charge is 0.468 e. The zero-order chi connectivity index (χ0) is 14.0. The molecule has 0 aliphatic heterocycles. The lowest BCUT2D eigenvalue weighted by Crippen LogP contribution is -2.11. The van der Waals surface area contributed by atoms with Crippen LogP contribution in [-0.4, -0.2) is 22.9 Å². The Morgan fingerprint density at radius 2 is 2.16 bits per heavy atom. The van der Waals surface area contributed by atoms with Crippen LogP contribution >= 0.6 is 0 Å². The minimum absolute atomic E-state index is 0.0304. The number of methoxy groups -OCH3 is 1. The number of benzene rings is 1. The first-order chi connectivity index (χ1) is 9.02. The molecule has 2 aromatic rings. The molecular formula is C12H11F2N3O2. The number of rotatable bonds is 3. The summed E-state index contributed by atoms with van der Waals surface area (Å²) < 4.78 is 32.8. The highest BCUT2D eigenvalue weighted by molar-refractivity contribution is 5.70. The molecule has 7 heteroatoms. The lowest BCUT2D eigenvalue weighted by Gasteiger charge is -2.03. The van der Waals surface area contributed by atoms with Gasteiger partial charge in [0, 0.05) is 17.3 Å². The fourth-order valence-electron chi connectivity index (χ4n) is 1.57. The van der Waals surface area contributed by atoms with E-state index < -0.39 is 17.6 Å². The van der Waals surface area contributed by atoms with Gasteiger partial charge in [0.1, 0.15) is 6.54 Å². The molecule has 0 spiro atoms. The molecule has 0 saturated heterocycles. The number of esters is 1. The molecular weight excluding hydrogens is 256 g/mol. The zero-order valence-corrected chi connectivity index (χ0v) is 10.1. The summed E-state index contributed by atoms with van der Waals surface area (Å²) >= 11 is 0. The third kappa shape index (κ3) is 2.54. The van der Waals surface area contributed by atoms with Crippen LogP contribution in [0.4, 0.5) is 14.5 Å². The van der Waals surface area contributed by atoms with Gasteiger partial charge in [0.05, 0.1) is 19.0 Å². The average molecular weight is 267 g/mol.